The molecule has 2 aromatic rings. The third-order valence-electron chi connectivity index (χ3n) is 4.95. The minimum atomic E-state index is -1.28. The molecule has 1 amide bonds. The van der Waals surface area contributed by atoms with Crippen molar-refractivity contribution in [1.29, 1.82) is 5.26 Å². The van der Waals surface area contributed by atoms with Crippen molar-refractivity contribution < 1.29 is 19.1 Å². The fourth-order valence-electron chi connectivity index (χ4n) is 3.46. The number of thioether (sulfide) groups is 1. The lowest BCUT2D eigenvalue weighted by Crippen LogP contribution is -2.44. The second-order valence-corrected chi connectivity index (χ2v) is 9.22. The average Bonchev–Trinajstić information content (AvgIpc) is 2.79. The Hall–Kier alpha value is -2.37. The van der Waals surface area contributed by atoms with Gasteiger partial charge in [-0.3, -0.25) is 9.59 Å². The number of halogens is 3. The molecule has 1 N–H and O–H groups in total. The lowest BCUT2D eigenvalue weighted by atomic mass is 9.78. The number of methoxy groups -OCH3 is 1. The van der Waals surface area contributed by atoms with Crippen LogP contribution in [0.3, 0.4) is 0 Å². The van der Waals surface area contributed by atoms with E-state index in [2.05, 4.69) is 11.4 Å². The normalized spacial score (nSPS) is 17.9. The quantitative estimate of drug-likeness (QED) is 0.368. The third-order valence-corrected chi connectivity index (χ3v) is 6.85. The number of esters is 1. The highest BCUT2D eigenvalue weighted by Gasteiger charge is 2.44. The van der Waals surface area contributed by atoms with Crippen molar-refractivity contribution in [2.75, 3.05) is 13.7 Å². The molecule has 1 heterocycles. The Labute approximate surface area is 210 Å². The zero-order valence-electron chi connectivity index (χ0n) is 17.7. The van der Waals surface area contributed by atoms with E-state index >= 15 is 0 Å². The first-order valence-electron chi connectivity index (χ1n) is 9.82. The van der Waals surface area contributed by atoms with Crippen molar-refractivity contribution in [3.05, 3.63) is 73.2 Å². The molecule has 0 spiro atoms. The number of benzene rings is 2. The number of nitrogens with one attached hydrogen (secondary N) is 1. The number of carbonyl (C=O) groups excluding carboxylic acids is 2. The maximum Gasteiger partial charge on any atom is 0.319 e. The van der Waals surface area contributed by atoms with Gasteiger partial charge in [0.1, 0.15) is 5.92 Å². The molecule has 6 nitrogen and oxygen atoms in total. The second-order valence-electron chi connectivity index (χ2n) is 6.98. The van der Waals surface area contributed by atoms with Gasteiger partial charge in [-0.15, -0.1) is 11.8 Å². The minimum absolute atomic E-state index is 0.209. The first-order valence-corrected chi connectivity index (χ1v) is 11.9. The number of amides is 1. The topological polar surface area (TPSA) is 88.4 Å². The predicted octanol–water partition coefficient (Wildman–Crippen LogP) is 5.72. The van der Waals surface area contributed by atoms with E-state index in [0.717, 1.165) is 5.56 Å². The standard InChI is InChI=1S/C23H19Cl3N2O4S/c1-3-32-20-16(25)8-13(9-17(20)26)18-15(10-27)22(28-21(29)19(18)23(30)31-2)33-11-12-4-6-14(24)7-5-12/h4-9,18-19H,3,11H2,1-2H3,(H,28,29)/t18-,19+/m0/s1. The smallest absolute Gasteiger partial charge is 0.319 e. The van der Waals surface area contributed by atoms with Gasteiger partial charge in [-0.2, -0.15) is 5.26 Å². The number of nitrogens with zero attached hydrogens (tertiary/aromatic N) is 1. The van der Waals surface area contributed by atoms with E-state index in [1.807, 2.05) is 12.1 Å². The molecule has 2 atom stereocenters. The van der Waals surface area contributed by atoms with Crippen molar-refractivity contribution in [3.8, 4) is 11.8 Å². The van der Waals surface area contributed by atoms with Gasteiger partial charge in [0, 0.05) is 16.7 Å². The molecule has 0 saturated heterocycles. The van der Waals surface area contributed by atoms with E-state index in [4.69, 9.17) is 44.3 Å². The SMILES string of the molecule is CCOc1c(Cl)cc([C@H]2C(C#N)=C(SCc3ccc(Cl)cc3)NC(=O)[C@@H]2C(=O)OC)cc1Cl. The second kappa shape index (κ2) is 11.2. The third kappa shape index (κ3) is 5.59. The lowest BCUT2D eigenvalue weighted by molar-refractivity contribution is -0.150. The van der Waals surface area contributed by atoms with E-state index in [1.165, 1.54) is 18.9 Å². The summed E-state index contributed by atoms with van der Waals surface area (Å²) in [5.41, 5.74) is 1.59. The fourth-order valence-corrected chi connectivity index (χ4v) is 5.20. The Morgan fingerprint density at radius 1 is 1.18 bits per heavy atom. The summed E-state index contributed by atoms with van der Waals surface area (Å²) in [5, 5.41) is 14.1. The van der Waals surface area contributed by atoms with Crippen molar-refractivity contribution in [1.82, 2.24) is 5.32 Å². The largest absolute Gasteiger partial charge is 0.491 e. The molecule has 1 aliphatic rings. The monoisotopic (exact) mass is 524 g/mol. The van der Waals surface area contributed by atoms with Crippen LogP contribution in [0, 0.1) is 17.2 Å². The Morgan fingerprint density at radius 2 is 1.82 bits per heavy atom. The molecule has 0 saturated carbocycles. The molecule has 0 fully saturated rings. The predicted molar refractivity (Wildman–Crippen MR) is 129 cm³/mol. The van der Waals surface area contributed by atoms with Crippen LogP contribution >= 0.6 is 46.6 Å². The molecule has 1 aliphatic heterocycles. The Morgan fingerprint density at radius 3 is 2.36 bits per heavy atom. The highest BCUT2D eigenvalue weighted by atomic mass is 35.5. The molecule has 0 aromatic heterocycles. The molecule has 33 heavy (non-hydrogen) atoms. The van der Waals surface area contributed by atoms with Crippen LogP contribution < -0.4 is 10.1 Å². The fraction of sp³-hybridized carbons (Fsp3) is 0.261. The molecule has 0 unspecified atom stereocenters. The molecule has 2 aromatic carbocycles. The highest BCUT2D eigenvalue weighted by molar-refractivity contribution is 8.02. The van der Waals surface area contributed by atoms with Crippen LogP contribution in [0.25, 0.3) is 0 Å². The molecule has 172 valence electrons. The van der Waals surface area contributed by atoms with Gasteiger partial charge in [0.15, 0.2) is 5.75 Å². The number of allylic oxidation sites excluding steroid dienone is 1. The summed E-state index contributed by atoms with van der Waals surface area (Å²) in [7, 11) is 1.19. The minimum Gasteiger partial charge on any atom is -0.491 e. The van der Waals surface area contributed by atoms with Crippen molar-refractivity contribution in [2.24, 2.45) is 5.92 Å². The van der Waals surface area contributed by atoms with Crippen LogP contribution in [-0.4, -0.2) is 25.6 Å². The number of ether oxygens (including phenoxy) is 2. The van der Waals surface area contributed by atoms with Crippen LogP contribution in [0.2, 0.25) is 15.1 Å². The van der Waals surface area contributed by atoms with Gasteiger partial charge < -0.3 is 14.8 Å². The first-order chi connectivity index (χ1) is 15.8. The summed E-state index contributed by atoms with van der Waals surface area (Å²) in [4.78, 5) is 25.5. The van der Waals surface area contributed by atoms with Gasteiger partial charge >= 0.3 is 5.97 Å². The van der Waals surface area contributed by atoms with Crippen molar-refractivity contribution >= 4 is 58.4 Å². The molecule has 3 rings (SSSR count). The summed E-state index contributed by atoms with van der Waals surface area (Å²) < 4.78 is 10.3. The number of rotatable bonds is 7. The summed E-state index contributed by atoms with van der Waals surface area (Å²) in [6, 6.07) is 12.5. The number of carbonyl (C=O) groups is 2. The highest BCUT2D eigenvalue weighted by Crippen LogP contribution is 2.44. The van der Waals surface area contributed by atoms with Gasteiger partial charge in [0.25, 0.3) is 0 Å². The molecular formula is C23H19Cl3N2O4S. The van der Waals surface area contributed by atoms with Crippen LogP contribution in [-0.2, 0) is 20.1 Å². The van der Waals surface area contributed by atoms with Gasteiger partial charge in [-0.05, 0) is 42.3 Å². The number of hydrogen-bond donors (Lipinski definition) is 1. The van der Waals surface area contributed by atoms with E-state index < -0.39 is 23.7 Å². The molecular weight excluding hydrogens is 507 g/mol. The van der Waals surface area contributed by atoms with Gasteiger partial charge in [0.2, 0.25) is 5.91 Å². The van der Waals surface area contributed by atoms with Crippen LogP contribution in [0.1, 0.15) is 24.0 Å². The Bertz CT molecular complexity index is 1120. The molecule has 10 heteroatoms. The molecule has 0 radical (unpaired) electrons. The van der Waals surface area contributed by atoms with E-state index in [0.29, 0.717) is 33.7 Å². The van der Waals surface area contributed by atoms with Crippen LogP contribution in [0.15, 0.2) is 47.0 Å². The first kappa shape index (κ1) is 25.3. The molecule has 0 aliphatic carbocycles. The Balaban J connectivity index is 2.07. The van der Waals surface area contributed by atoms with Crippen LogP contribution in [0.5, 0.6) is 5.75 Å². The zero-order valence-corrected chi connectivity index (χ0v) is 20.7. The number of nitriles is 1. The van der Waals surface area contributed by atoms with Gasteiger partial charge in [-0.25, -0.2) is 0 Å². The maximum atomic E-state index is 13.0. The van der Waals surface area contributed by atoms with E-state index in [1.54, 1.807) is 31.2 Å². The zero-order chi connectivity index (χ0) is 24.1. The van der Waals surface area contributed by atoms with Crippen LogP contribution in [0.4, 0.5) is 0 Å². The average molecular weight is 526 g/mol. The number of hydrogen-bond acceptors (Lipinski definition) is 6. The van der Waals surface area contributed by atoms with E-state index in [-0.39, 0.29) is 15.6 Å². The Kier molecular flexibility index (Phi) is 8.55. The van der Waals surface area contributed by atoms with Crippen molar-refractivity contribution in [2.45, 2.75) is 18.6 Å². The molecule has 0 bridgehead atoms. The summed E-state index contributed by atoms with van der Waals surface area (Å²) >= 11 is 19.9. The van der Waals surface area contributed by atoms with E-state index in [9.17, 15) is 14.9 Å². The summed E-state index contributed by atoms with van der Waals surface area (Å²) in [5.74, 6) is -2.81. The summed E-state index contributed by atoms with van der Waals surface area (Å²) in [6.07, 6.45) is 0. The lowest BCUT2D eigenvalue weighted by Gasteiger charge is -2.31. The maximum absolute atomic E-state index is 13.0. The van der Waals surface area contributed by atoms with Crippen molar-refractivity contribution in [3.63, 3.8) is 0 Å². The summed E-state index contributed by atoms with van der Waals surface area (Å²) in [6.45, 7) is 2.14. The van der Waals surface area contributed by atoms with Gasteiger partial charge in [0.05, 0.1) is 40.4 Å². The van der Waals surface area contributed by atoms with Gasteiger partial charge in [-0.1, -0.05) is 46.9 Å².